The van der Waals surface area contributed by atoms with E-state index in [0.717, 1.165) is 18.5 Å². The maximum atomic E-state index is 13.4. The van der Waals surface area contributed by atoms with Crippen molar-refractivity contribution in [3.63, 3.8) is 0 Å². The van der Waals surface area contributed by atoms with Crippen molar-refractivity contribution in [3.8, 4) is 0 Å². The lowest BCUT2D eigenvalue weighted by Crippen LogP contribution is -2.44. The van der Waals surface area contributed by atoms with Crippen LogP contribution >= 0.6 is 23.2 Å². The van der Waals surface area contributed by atoms with Crippen LogP contribution in [0.5, 0.6) is 0 Å². The van der Waals surface area contributed by atoms with E-state index in [2.05, 4.69) is 5.01 Å². The molecule has 2 aromatic rings. The van der Waals surface area contributed by atoms with Crippen LogP contribution in [0.4, 0.5) is 10.1 Å². The van der Waals surface area contributed by atoms with Gasteiger partial charge in [-0.15, -0.1) is 0 Å². The number of hydrogen-bond acceptors (Lipinski definition) is 4. The van der Waals surface area contributed by atoms with Crippen molar-refractivity contribution in [2.75, 3.05) is 18.0 Å². The Balaban J connectivity index is 1.59. The predicted octanol–water partition coefficient (Wildman–Crippen LogP) is 3.67. The lowest BCUT2D eigenvalue weighted by molar-refractivity contribution is -0.126. The summed E-state index contributed by atoms with van der Waals surface area (Å²) in [5.74, 6) is -1.47. The van der Waals surface area contributed by atoms with Crippen molar-refractivity contribution >= 4 is 40.7 Å². The van der Waals surface area contributed by atoms with Crippen molar-refractivity contribution in [1.82, 2.24) is 10.0 Å². The molecule has 3 aliphatic rings. The van der Waals surface area contributed by atoms with Crippen LogP contribution in [-0.2, 0) is 9.59 Å². The van der Waals surface area contributed by atoms with Gasteiger partial charge in [-0.2, -0.15) is 0 Å². The summed E-state index contributed by atoms with van der Waals surface area (Å²) in [6.45, 7) is 1.47. The number of nitrogens with zero attached hydrogens (tertiary/aromatic N) is 3. The molecule has 0 spiro atoms. The van der Waals surface area contributed by atoms with Crippen LogP contribution in [0.1, 0.15) is 18.0 Å². The summed E-state index contributed by atoms with van der Waals surface area (Å²) >= 11 is 12.2. The monoisotopic (exact) mass is 419 g/mol. The van der Waals surface area contributed by atoms with Gasteiger partial charge in [-0.1, -0.05) is 35.3 Å². The number of imide groups is 1. The highest BCUT2D eigenvalue weighted by molar-refractivity contribution is 6.38. The summed E-state index contributed by atoms with van der Waals surface area (Å²) in [4.78, 5) is 27.9. The van der Waals surface area contributed by atoms with Crippen LogP contribution in [0.15, 0.2) is 42.5 Å². The molecular weight excluding hydrogens is 404 g/mol. The summed E-state index contributed by atoms with van der Waals surface area (Å²) in [6, 6.07) is 10.00. The summed E-state index contributed by atoms with van der Waals surface area (Å²) in [5.41, 5.74) is 1.17. The molecule has 0 radical (unpaired) electrons. The summed E-state index contributed by atoms with van der Waals surface area (Å²) in [5, 5.41) is 4.76. The zero-order valence-electron chi connectivity index (χ0n) is 14.7. The van der Waals surface area contributed by atoms with E-state index in [-0.39, 0.29) is 28.7 Å². The zero-order valence-corrected chi connectivity index (χ0v) is 16.2. The Bertz CT molecular complexity index is 984. The van der Waals surface area contributed by atoms with E-state index in [1.54, 1.807) is 24.3 Å². The topological polar surface area (TPSA) is 43.9 Å². The van der Waals surface area contributed by atoms with E-state index in [1.807, 2.05) is 5.01 Å². The van der Waals surface area contributed by atoms with Crippen molar-refractivity contribution in [1.29, 1.82) is 0 Å². The molecule has 3 unspecified atom stereocenters. The van der Waals surface area contributed by atoms with E-state index in [9.17, 15) is 14.0 Å². The van der Waals surface area contributed by atoms with Crippen molar-refractivity contribution in [2.24, 2.45) is 5.92 Å². The average Bonchev–Trinajstić information content (AvgIpc) is 3.30. The number of amides is 2. The van der Waals surface area contributed by atoms with Crippen LogP contribution in [-0.4, -0.2) is 41.0 Å². The number of anilines is 1. The smallest absolute Gasteiger partial charge is 0.253 e. The fourth-order valence-corrected chi connectivity index (χ4v) is 5.17. The van der Waals surface area contributed by atoms with Crippen molar-refractivity contribution in [2.45, 2.75) is 18.5 Å². The van der Waals surface area contributed by atoms with E-state index < -0.39 is 12.0 Å². The fourth-order valence-electron chi connectivity index (χ4n) is 4.67. The quantitative estimate of drug-likeness (QED) is 0.696. The van der Waals surface area contributed by atoms with Crippen molar-refractivity contribution < 1.29 is 14.0 Å². The number of hydrogen-bond donors (Lipinski definition) is 0. The number of halogens is 3. The second-order valence-corrected chi connectivity index (χ2v) is 8.10. The van der Waals surface area contributed by atoms with Gasteiger partial charge in [0.2, 0.25) is 5.91 Å². The van der Waals surface area contributed by atoms with Crippen LogP contribution in [0.25, 0.3) is 0 Å². The molecule has 28 heavy (non-hydrogen) atoms. The van der Waals surface area contributed by atoms with Gasteiger partial charge in [-0.25, -0.2) is 19.3 Å². The third kappa shape index (κ3) is 2.52. The van der Waals surface area contributed by atoms with E-state index in [0.29, 0.717) is 17.3 Å². The lowest BCUT2D eigenvalue weighted by atomic mass is 9.90. The van der Waals surface area contributed by atoms with Gasteiger partial charge in [0.05, 0.1) is 22.7 Å². The molecule has 0 saturated carbocycles. The Morgan fingerprint density at radius 2 is 1.57 bits per heavy atom. The fraction of sp³-hybridized carbons (Fsp3) is 0.300. The van der Waals surface area contributed by atoms with Crippen molar-refractivity contribution in [3.05, 3.63) is 63.9 Å². The Labute approximate surface area is 171 Å². The molecule has 2 aromatic carbocycles. The number of carbonyl (C=O) groups is 2. The normalized spacial score (nSPS) is 27.5. The molecular formula is C20H16Cl2FN3O2. The molecule has 3 aliphatic heterocycles. The standard InChI is InChI=1S/C20H16Cl2FN3O2/c21-12-4-7-15(14(22)10-12)26-19(27)16-17(11-2-5-13(23)6-3-11)24-8-1-9-25(24)18(16)20(26)28/h2-7,10,16-18H,1,8-9H2. The second-order valence-electron chi connectivity index (χ2n) is 7.25. The molecule has 3 saturated heterocycles. The number of carbonyl (C=O) groups excluding carboxylic acids is 2. The maximum Gasteiger partial charge on any atom is 0.253 e. The third-order valence-electron chi connectivity index (χ3n) is 5.77. The Hall–Kier alpha value is -1.99. The summed E-state index contributed by atoms with van der Waals surface area (Å²) < 4.78 is 13.4. The first-order chi connectivity index (χ1) is 13.5. The zero-order chi connectivity index (χ0) is 19.6. The van der Waals surface area contributed by atoms with Gasteiger partial charge in [-0.3, -0.25) is 9.59 Å². The Kier molecular flexibility index (Phi) is 4.21. The molecule has 2 amide bonds. The van der Waals surface area contributed by atoms with Crippen LogP contribution < -0.4 is 4.90 Å². The minimum atomic E-state index is -0.572. The highest BCUT2D eigenvalue weighted by Gasteiger charge is 2.63. The molecule has 0 aliphatic carbocycles. The van der Waals surface area contributed by atoms with Gasteiger partial charge >= 0.3 is 0 Å². The Morgan fingerprint density at radius 3 is 2.25 bits per heavy atom. The molecule has 3 fully saturated rings. The first kappa shape index (κ1) is 18.1. The first-order valence-electron chi connectivity index (χ1n) is 9.09. The molecule has 0 bridgehead atoms. The van der Waals surface area contributed by atoms with Crippen LogP contribution in [0.2, 0.25) is 10.0 Å². The van der Waals surface area contributed by atoms with Gasteiger partial charge < -0.3 is 0 Å². The molecule has 5 rings (SSSR count). The van der Waals surface area contributed by atoms with Gasteiger partial charge in [0.15, 0.2) is 0 Å². The molecule has 144 valence electrons. The number of hydrazine groups is 1. The van der Waals surface area contributed by atoms with Gasteiger partial charge in [0.25, 0.3) is 5.91 Å². The predicted molar refractivity (Wildman–Crippen MR) is 103 cm³/mol. The van der Waals surface area contributed by atoms with E-state index >= 15 is 0 Å². The van der Waals surface area contributed by atoms with Gasteiger partial charge in [0, 0.05) is 18.1 Å². The highest BCUT2D eigenvalue weighted by atomic mass is 35.5. The first-order valence-corrected chi connectivity index (χ1v) is 9.84. The SMILES string of the molecule is O=C1C2C(C(=O)N1c1ccc(Cl)cc1Cl)N1CCCN1C2c1ccc(F)cc1. The lowest BCUT2D eigenvalue weighted by Gasteiger charge is -2.30. The third-order valence-corrected chi connectivity index (χ3v) is 6.31. The molecule has 3 atom stereocenters. The van der Waals surface area contributed by atoms with Crippen LogP contribution in [0, 0.1) is 11.7 Å². The van der Waals surface area contributed by atoms with E-state index in [1.165, 1.54) is 23.1 Å². The highest BCUT2D eigenvalue weighted by Crippen LogP contribution is 2.49. The molecule has 5 nitrogen and oxygen atoms in total. The summed E-state index contributed by atoms with van der Waals surface area (Å²) in [6.07, 6.45) is 0.907. The second kappa shape index (κ2) is 6.52. The molecule has 8 heteroatoms. The van der Waals surface area contributed by atoms with Gasteiger partial charge in [-0.05, 0) is 42.3 Å². The Morgan fingerprint density at radius 1 is 0.893 bits per heavy atom. The minimum Gasteiger partial charge on any atom is -0.274 e. The largest absolute Gasteiger partial charge is 0.274 e. The minimum absolute atomic E-state index is 0.255. The van der Waals surface area contributed by atoms with Gasteiger partial charge in [0.1, 0.15) is 11.9 Å². The summed E-state index contributed by atoms with van der Waals surface area (Å²) in [7, 11) is 0. The van der Waals surface area contributed by atoms with E-state index in [4.69, 9.17) is 23.2 Å². The number of rotatable bonds is 2. The number of benzene rings is 2. The molecule has 3 heterocycles. The molecule has 0 N–H and O–H groups in total. The van der Waals surface area contributed by atoms with Crippen LogP contribution in [0.3, 0.4) is 0 Å². The average molecular weight is 420 g/mol. The molecule has 0 aromatic heterocycles. The number of fused-ring (bicyclic) bond motifs is 3. The maximum absolute atomic E-state index is 13.4.